The highest BCUT2D eigenvalue weighted by Gasteiger charge is 2.22. The van der Waals surface area contributed by atoms with Crippen molar-refractivity contribution in [2.45, 2.75) is 20.5 Å². The molecule has 0 aliphatic rings. The molecule has 0 atom stereocenters. The molecule has 1 amide bonds. The molecule has 174 valence electrons. The monoisotopic (exact) mass is 476 g/mol. The quantitative estimate of drug-likeness (QED) is 0.270. The van der Waals surface area contributed by atoms with E-state index in [2.05, 4.69) is 5.32 Å². The van der Waals surface area contributed by atoms with E-state index in [1.165, 1.54) is 31.6 Å². The number of nitriles is 1. The molecule has 0 aliphatic carbocycles. The van der Waals surface area contributed by atoms with Gasteiger partial charge in [-0.15, -0.1) is 11.3 Å². The van der Waals surface area contributed by atoms with Crippen LogP contribution < -0.4 is 14.8 Å². The van der Waals surface area contributed by atoms with Crippen LogP contribution in [-0.2, 0) is 16.1 Å². The molecule has 8 heteroatoms. The minimum atomic E-state index is -0.628. The second kappa shape index (κ2) is 11.2. The van der Waals surface area contributed by atoms with Crippen LogP contribution >= 0.6 is 11.3 Å². The second-order valence-electron chi connectivity index (χ2n) is 7.29. The molecule has 7 nitrogen and oxygen atoms in total. The van der Waals surface area contributed by atoms with Gasteiger partial charge in [0.05, 0.1) is 19.8 Å². The Morgan fingerprint density at radius 3 is 2.47 bits per heavy atom. The third kappa shape index (κ3) is 5.63. The van der Waals surface area contributed by atoms with E-state index in [0.29, 0.717) is 28.7 Å². The first-order valence-corrected chi connectivity index (χ1v) is 11.2. The van der Waals surface area contributed by atoms with E-state index in [1.54, 1.807) is 25.1 Å². The number of ether oxygens (including phenoxy) is 3. The van der Waals surface area contributed by atoms with Crippen molar-refractivity contribution in [1.82, 2.24) is 0 Å². The highest BCUT2D eigenvalue weighted by atomic mass is 32.1. The summed E-state index contributed by atoms with van der Waals surface area (Å²) in [5.74, 6) is -0.161. The number of carbonyl (C=O) groups excluding carboxylic acids is 2. The standard InChI is InChI=1S/C26H24N2O5S/c1-16-17(2)34-25(23(16)26(30)32-4)28-24(29)20(14-27)12-19-10-11-21(22(13-19)31-3)33-15-18-8-6-5-7-9-18/h5-13H,15H2,1-4H3,(H,28,29). The molecule has 0 saturated carbocycles. The topological polar surface area (TPSA) is 97.7 Å². The van der Waals surface area contributed by atoms with Crippen LogP contribution in [0.2, 0.25) is 0 Å². The molecule has 3 rings (SSSR count). The molecule has 0 radical (unpaired) electrons. The molecule has 0 fully saturated rings. The van der Waals surface area contributed by atoms with Crippen molar-refractivity contribution in [1.29, 1.82) is 5.26 Å². The second-order valence-corrected chi connectivity index (χ2v) is 8.51. The average molecular weight is 477 g/mol. The Bertz CT molecular complexity index is 1270. The maximum atomic E-state index is 12.8. The van der Waals surface area contributed by atoms with Crippen molar-refractivity contribution in [3.05, 3.63) is 81.2 Å². The molecule has 0 bridgehead atoms. The van der Waals surface area contributed by atoms with Gasteiger partial charge in [0, 0.05) is 4.88 Å². The van der Waals surface area contributed by atoms with Crippen LogP contribution in [0.1, 0.15) is 31.9 Å². The first-order chi connectivity index (χ1) is 16.4. The molecule has 34 heavy (non-hydrogen) atoms. The maximum absolute atomic E-state index is 12.8. The van der Waals surface area contributed by atoms with E-state index in [9.17, 15) is 14.9 Å². The van der Waals surface area contributed by atoms with Gasteiger partial charge < -0.3 is 19.5 Å². The van der Waals surface area contributed by atoms with Gasteiger partial charge in [-0.25, -0.2) is 4.79 Å². The number of methoxy groups -OCH3 is 2. The van der Waals surface area contributed by atoms with Gasteiger partial charge >= 0.3 is 5.97 Å². The minimum Gasteiger partial charge on any atom is -0.493 e. The van der Waals surface area contributed by atoms with Crippen molar-refractivity contribution < 1.29 is 23.8 Å². The third-order valence-electron chi connectivity index (χ3n) is 5.10. The molecule has 0 unspecified atom stereocenters. The van der Waals surface area contributed by atoms with E-state index < -0.39 is 11.9 Å². The van der Waals surface area contributed by atoms with E-state index in [-0.39, 0.29) is 11.1 Å². The summed E-state index contributed by atoms with van der Waals surface area (Å²) in [6.45, 7) is 4.00. The van der Waals surface area contributed by atoms with Crippen molar-refractivity contribution in [2.75, 3.05) is 19.5 Å². The van der Waals surface area contributed by atoms with Crippen molar-refractivity contribution >= 4 is 34.3 Å². The number of aryl methyl sites for hydroxylation is 1. The first-order valence-electron chi connectivity index (χ1n) is 10.3. The summed E-state index contributed by atoms with van der Waals surface area (Å²) in [7, 11) is 2.80. The fourth-order valence-corrected chi connectivity index (χ4v) is 4.22. The molecule has 3 aromatic rings. The average Bonchev–Trinajstić information content (AvgIpc) is 3.13. The fourth-order valence-electron chi connectivity index (χ4n) is 3.18. The van der Waals surface area contributed by atoms with Gasteiger partial charge in [-0.2, -0.15) is 5.26 Å². The van der Waals surface area contributed by atoms with Gasteiger partial charge in [0.2, 0.25) is 0 Å². The van der Waals surface area contributed by atoms with E-state index in [4.69, 9.17) is 14.2 Å². The number of esters is 1. The van der Waals surface area contributed by atoms with E-state index >= 15 is 0 Å². The summed E-state index contributed by atoms with van der Waals surface area (Å²) in [4.78, 5) is 25.8. The Hall–Kier alpha value is -4.09. The fraction of sp³-hybridized carbons (Fsp3) is 0.192. The van der Waals surface area contributed by atoms with Crippen LogP contribution in [0.3, 0.4) is 0 Å². The number of carbonyl (C=O) groups is 2. The Morgan fingerprint density at radius 2 is 1.82 bits per heavy atom. The number of benzene rings is 2. The van der Waals surface area contributed by atoms with Crippen LogP contribution in [0, 0.1) is 25.2 Å². The normalized spacial score (nSPS) is 10.9. The number of rotatable bonds is 8. The van der Waals surface area contributed by atoms with E-state index in [0.717, 1.165) is 16.0 Å². The number of hydrogen-bond acceptors (Lipinski definition) is 7. The van der Waals surface area contributed by atoms with Gasteiger partial charge in [0.25, 0.3) is 5.91 Å². The summed E-state index contributed by atoms with van der Waals surface area (Å²) < 4.78 is 16.1. The molecule has 1 aromatic heterocycles. The lowest BCUT2D eigenvalue weighted by Gasteiger charge is -2.11. The van der Waals surface area contributed by atoms with Crippen molar-refractivity contribution in [3.8, 4) is 17.6 Å². The number of amides is 1. The van der Waals surface area contributed by atoms with Gasteiger partial charge in [0.15, 0.2) is 11.5 Å². The number of thiophene rings is 1. The van der Waals surface area contributed by atoms with Crippen molar-refractivity contribution in [3.63, 3.8) is 0 Å². The van der Waals surface area contributed by atoms with Crippen LogP contribution in [0.25, 0.3) is 6.08 Å². The van der Waals surface area contributed by atoms with Gasteiger partial charge in [-0.3, -0.25) is 4.79 Å². The molecule has 0 aliphatic heterocycles. The third-order valence-corrected chi connectivity index (χ3v) is 6.23. The number of nitrogens with one attached hydrogen (secondary N) is 1. The summed E-state index contributed by atoms with van der Waals surface area (Å²) in [6, 6.07) is 16.8. The molecular formula is C26H24N2O5S. The molecule has 0 spiro atoms. The zero-order valence-corrected chi connectivity index (χ0v) is 20.1. The van der Waals surface area contributed by atoms with E-state index in [1.807, 2.05) is 43.3 Å². The van der Waals surface area contributed by atoms with Crippen LogP contribution in [-0.4, -0.2) is 26.1 Å². The Kier molecular flexibility index (Phi) is 8.06. The Morgan fingerprint density at radius 1 is 1.09 bits per heavy atom. The SMILES string of the molecule is COC(=O)c1c(NC(=O)C(C#N)=Cc2ccc(OCc3ccccc3)c(OC)c2)sc(C)c1C. The molecule has 1 heterocycles. The smallest absolute Gasteiger partial charge is 0.341 e. The summed E-state index contributed by atoms with van der Waals surface area (Å²) in [6.07, 6.45) is 1.45. The predicted octanol–water partition coefficient (Wildman–Crippen LogP) is 5.28. The zero-order chi connectivity index (χ0) is 24.7. The number of nitrogens with zero attached hydrogens (tertiary/aromatic N) is 1. The summed E-state index contributed by atoms with van der Waals surface area (Å²) in [5.41, 5.74) is 2.49. The van der Waals surface area contributed by atoms with Crippen LogP contribution in [0.15, 0.2) is 54.1 Å². The highest BCUT2D eigenvalue weighted by molar-refractivity contribution is 7.16. The van der Waals surface area contributed by atoms with Crippen LogP contribution in [0.5, 0.6) is 11.5 Å². The summed E-state index contributed by atoms with van der Waals surface area (Å²) in [5, 5.41) is 12.6. The molecule has 0 saturated heterocycles. The largest absolute Gasteiger partial charge is 0.493 e. The maximum Gasteiger partial charge on any atom is 0.341 e. The molecule has 2 aromatic carbocycles. The van der Waals surface area contributed by atoms with Gasteiger partial charge in [-0.05, 0) is 48.7 Å². The van der Waals surface area contributed by atoms with Gasteiger partial charge in [-0.1, -0.05) is 36.4 Å². The minimum absolute atomic E-state index is 0.125. The lowest BCUT2D eigenvalue weighted by molar-refractivity contribution is -0.112. The lowest BCUT2D eigenvalue weighted by Crippen LogP contribution is -2.15. The lowest BCUT2D eigenvalue weighted by atomic mass is 10.1. The Balaban J connectivity index is 1.81. The summed E-state index contributed by atoms with van der Waals surface area (Å²) >= 11 is 1.25. The first kappa shape index (κ1) is 24.6. The van der Waals surface area contributed by atoms with Crippen LogP contribution in [0.4, 0.5) is 5.00 Å². The molecular weight excluding hydrogens is 452 g/mol. The number of hydrogen-bond donors (Lipinski definition) is 1. The zero-order valence-electron chi connectivity index (χ0n) is 19.3. The van der Waals surface area contributed by atoms with Gasteiger partial charge in [0.1, 0.15) is 23.3 Å². The molecule has 1 N–H and O–H groups in total. The predicted molar refractivity (Wildman–Crippen MR) is 131 cm³/mol. The number of anilines is 1. The highest BCUT2D eigenvalue weighted by Crippen LogP contribution is 2.34. The Labute approximate surface area is 202 Å². The van der Waals surface area contributed by atoms with Crippen molar-refractivity contribution in [2.24, 2.45) is 0 Å².